The summed E-state index contributed by atoms with van der Waals surface area (Å²) in [7, 11) is 0. The topological polar surface area (TPSA) is 58.6 Å². The number of hydrogen-bond acceptors (Lipinski definition) is 6. The van der Waals surface area contributed by atoms with Crippen LogP contribution in [0.2, 0.25) is 0 Å². The highest BCUT2D eigenvalue weighted by Crippen LogP contribution is 2.31. The Balaban J connectivity index is 1.71. The predicted molar refractivity (Wildman–Crippen MR) is 101 cm³/mol. The summed E-state index contributed by atoms with van der Waals surface area (Å²) in [6.07, 6.45) is 3.61. The number of aryl methyl sites for hydroxylation is 1. The molecule has 1 saturated heterocycles. The molecular weight excluding hydrogens is 336 g/mol. The molecule has 136 valence electrons. The fourth-order valence-electron chi connectivity index (χ4n) is 2.94. The van der Waals surface area contributed by atoms with Crippen molar-refractivity contribution >= 4 is 33.5 Å². The van der Waals surface area contributed by atoms with Crippen LogP contribution in [0.3, 0.4) is 0 Å². The van der Waals surface area contributed by atoms with Crippen LogP contribution in [0.25, 0.3) is 10.2 Å². The normalized spacial score (nSPS) is 15.7. The molecule has 2 aromatic heterocycles. The van der Waals surface area contributed by atoms with E-state index in [2.05, 4.69) is 27.9 Å². The maximum Gasteiger partial charge on any atom is 0.410 e. The number of anilines is 1. The third-order valence-electron chi connectivity index (χ3n) is 4.09. The number of thiophene rings is 1. The van der Waals surface area contributed by atoms with Gasteiger partial charge >= 0.3 is 6.09 Å². The van der Waals surface area contributed by atoms with Crippen molar-refractivity contribution in [2.45, 2.75) is 46.1 Å². The van der Waals surface area contributed by atoms with Crippen LogP contribution in [0.4, 0.5) is 10.6 Å². The summed E-state index contributed by atoms with van der Waals surface area (Å²) in [4.78, 5) is 27.6. The van der Waals surface area contributed by atoms with Gasteiger partial charge < -0.3 is 14.5 Å². The molecule has 0 aromatic carbocycles. The number of hydrogen-bond donors (Lipinski definition) is 0. The molecule has 0 atom stereocenters. The van der Waals surface area contributed by atoms with E-state index in [1.165, 1.54) is 4.88 Å². The molecule has 6 nitrogen and oxygen atoms in total. The number of carbonyl (C=O) groups excluding carboxylic acids is 1. The molecule has 2 aromatic rings. The van der Waals surface area contributed by atoms with E-state index >= 15 is 0 Å². The summed E-state index contributed by atoms with van der Waals surface area (Å²) in [6.45, 7) is 10.7. The fraction of sp³-hybridized carbons (Fsp3) is 0.611. The molecule has 0 saturated carbocycles. The van der Waals surface area contributed by atoms with E-state index in [0.29, 0.717) is 13.1 Å². The number of amides is 1. The minimum atomic E-state index is -0.459. The third-order valence-corrected chi connectivity index (χ3v) is 5.19. The Morgan fingerprint density at radius 2 is 1.96 bits per heavy atom. The van der Waals surface area contributed by atoms with Crippen molar-refractivity contribution in [2.24, 2.45) is 0 Å². The first kappa shape index (κ1) is 17.9. The highest BCUT2D eigenvalue weighted by Gasteiger charge is 2.27. The molecule has 3 heterocycles. The van der Waals surface area contributed by atoms with Crippen molar-refractivity contribution in [1.82, 2.24) is 14.9 Å². The van der Waals surface area contributed by atoms with Crippen molar-refractivity contribution in [1.29, 1.82) is 0 Å². The number of carbonyl (C=O) groups is 1. The van der Waals surface area contributed by atoms with Gasteiger partial charge in [0.1, 0.15) is 22.6 Å². The molecule has 0 unspecified atom stereocenters. The molecule has 0 bridgehead atoms. The van der Waals surface area contributed by atoms with Gasteiger partial charge in [-0.25, -0.2) is 14.8 Å². The minimum absolute atomic E-state index is 0.235. The number of fused-ring (bicyclic) bond motifs is 1. The second-order valence-corrected chi connectivity index (χ2v) is 8.45. The molecule has 0 spiro atoms. The van der Waals surface area contributed by atoms with Crippen LogP contribution in [-0.2, 0) is 11.2 Å². The van der Waals surface area contributed by atoms with Crippen molar-refractivity contribution in [2.75, 3.05) is 31.1 Å². The number of nitrogens with zero attached hydrogens (tertiary/aromatic N) is 4. The van der Waals surface area contributed by atoms with Crippen LogP contribution in [0.1, 0.15) is 39.0 Å². The van der Waals surface area contributed by atoms with E-state index in [1.807, 2.05) is 20.8 Å². The van der Waals surface area contributed by atoms with Gasteiger partial charge in [-0.2, -0.15) is 0 Å². The van der Waals surface area contributed by atoms with Gasteiger partial charge in [-0.05, 0) is 33.3 Å². The SMILES string of the molecule is CCCc1cc2c(N3CCN(C(=O)OC(C)(C)C)CC3)ncnc2s1. The first-order valence-corrected chi connectivity index (χ1v) is 9.65. The number of ether oxygens (including phenoxy) is 1. The maximum absolute atomic E-state index is 12.2. The van der Waals surface area contributed by atoms with E-state index < -0.39 is 5.60 Å². The monoisotopic (exact) mass is 362 g/mol. The Hall–Kier alpha value is -1.89. The highest BCUT2D eigenvalue weighted by molar-refractivity contribution is 7.18. The maximum atomic E-state index is 12.2. The summed E-state index contributed by atoms with van der Waals surface area (Å²) in [5.74, 6) is 0.979. The summed E-state index contributed by atoms with van der Waals surface area (Å²) in [5.41, 5.74) is -0.459. The molecular formula is C18H26N4O2S. The summed E-state index contributed by atoms with van der Waals surface area (Å²) in [6, 6.07) is 2.22. The van der Waals surface area contributed by atoms with Crippen molar-refractivity contribution in [3.63, 3.8) is 0 Å². The second-order valence-electron chi connectivity index (χ2n) is 7.33. The van der Waals surface area contributed by atoms with Crippen LogP contribution < -0.4 is 4.90 Å². The van der Waals surface area contributed by atoms with Gasteiger partial charge in [0.2, 0.25) is 0 Å². The highest BCUT2D eigenvalue weighted by atomic mass is 32.1. The molecule has 1 fully saturated rings. The largest absolute Gasteiger partial charge is 0.444 e. The van der Waals surface area contributed by atoms with Crippen molar-refractivity contribution in [3.05, 3.63) is 17.3 Å². The molecule has 3 rings (SSSR count). The Morgan fingerprint density at radius 3 is 2.60 bits per heavy atom. The zero-order valence-electron chi connectivity index (χ0n) is 15.4. The molecule has 1 aliphatic heterocycles. The van der Waals surface area contributed by atoms with Crippen LogP contribution in [0.15, 0.2) is 12.4 Å². The van der Waals surface area contributed by atoms with Gasteiger partial charge in [0.15, 0.2) is 0 Å². The van der Waals surface area contributed by atoms with Gasteiger partial charge in [-0.15, -0.1) is 11.3 Å². The first-order chi connectivity index (χ1) is 11.9. The average molecular weight is 362 g/mol. The molecule has 0 N–H and O–H groups in total. The number of rotatable bonds is 3. The lowest BCUT2D eigenvalue weighted by molar-refractivity contribution is 0.0240. The molecule has 7 heteroatoms. The molecule has 1 amide bonds. The van der Waals surface area contributed by atoms with Crippen LogP contribution in [-0.4, -0.2) is 52.7 Å². The lowest BCUT2D eigenvalue weighted by Crippen LogP contribution is -2.50. The zero-order valence-corrected chi connectivity index (χ0v) is 16.2. The fourth-order valence-corrected chi connectivity index (χ4v) is 4.03. The van der Waals surface area contributed by atoms with E-state index in [4.69, 9.17) is 4.74 Å². The van der Waals surface area contributed by atoms with E-state index in [0.717, 1.165) is 42.0 Å². The summed E-state index contributed by atoms with van der Waals surface area (Å²) in [5, 5.41) is 1.13. The van der Waals surface area contributed by atoms with Gasteiger partial charge in [-0.3, -0.25) is 0 Å². The third kappa shape index (κ3) is 4.21. The van der Waals surface area contributed by atoms with Gasteiger partial charge in [0.05, 0.1) is 5.39 Å². The van der Waals surface area contributed by atoms with Gasteiger partial charge in [-0.1, -0.05) is 13.3 Å². The van der Waals surface area contributed by atoms with Gasteiger partial charge in [0, 0.05) is 31.1 Å². The van der Waals surface area contributed by atoms with E-state index in [9.17, 15) is 4.79 Å². The average Bonchev–Trinajstić information content (AvgIpc) is 2.96. The van der Waals surface area contributed by atoms with Crippen molar-refractivity contribution < 1.29 is 9.53 Å². The van der Waals surface area contributed by atoms with Crippen LogP contribution in [0.5, 0.6) is 0 Å². The van der Waals surface area contributed by atoms with Gasteiger partial charge in [0.25, 0.3) is 0 Å². The smallest absolute Gasteiger partial charge is 0.410 e. The standard InChI is InChI=1S/C18H26N4O2S/c1-5-6-13-11-14-15(19-12-20-16(14)25-13)21-7-9-22(10-8-21)17(23)24-18(2,3)4/h11-12H,5-10H2,1-4H3. The molecule has 0 radical (unpaired) electrons. The lowest BCUT2D eigenvalue weighted by atomic mass is 10.2. The quantitative estimate of drug-likeness (QED) is 0.833. The first-order valence-electron chi connectivity index (χ1n) is 8.83. The van der Waals surface area contributed by atoms with Crippen LogP contribution in [0, 0.1) is 0 Å². The zero-order chi connectivity index (χ0) is 18.0. The Labute approximate surface area is 152 Å². The molecule has 0 aliphatic carbocycles. The second kappa shape index (κ2) is 7.15. The van der Waals surface area contributed by atoms with E-state index in [-0.39, 0.29) is 6.09 Å². The van der Waals surface area contributed by atoms with Crippen LogP contribution >= 0.6 is 11.3 Å². The Morgan fingerprint density at radius 1 is 1.24 bits per heavy atom. The number of piperazine rings is 1. The number of aromatic nitrogens is 2. The Bertz CT molecular complexity index is 745. The van der Waals surface area contributed by atoms with E-state index in [1.54, 1.807) is 22.6 Å². The predicted octanol–water partition coefficient (Wildman–Crippen LogP) is 3.70. The molecule has 1 aliphatic rings. The Kier molecular flexibility index (Phi) is 5.13. The lowest BCUT2D eigenvalue weighted by Gasteiger charge is -2.36. The molecule has 25 heavy (non-hydrogen) atoms. The minimum Gasteiger partial charge on any atom is -0.444 e. The summed E-state index contributed by atoms with van der Waals surface area (Å²) < 4.78 is 5.46. The summed E-state index contributed by atoms with van der Waals surface area (Å²) >= 11 is 1.75. The van der Waals surface area contributed by atoms with Crippen molar-refractivity contribution in [3.8, 4) is 0 Å².